The zero-order valence-corrected chi connectivity index (χ0v) is 9.06. The Kier molecular flexibility index (Phi) is 4.59. The van der Waals surface area contributed by atoms with Gasteiger partial charge < -0.3 is 5.11 Å². The normalized spacial score (nSPS) is 13.1. The Hall–Kier alpha value is -0.900. The second-order valence-corrected chi connectivity index (χ2v) is 3.62. The van der Waals surface area contributed by atoms with Crippen LogP contribution in [-0.4, -0.2) is 21.0 Å². The first kappa shape index (κ1) is 11.2. The molecule has 0 aliphatic heterocycles. The van der Waals surface area contributed by atoms with Crippen LogP contribution in [0.2, 0.25) is 0 Å². The first-order valence-corrected chi connectivity index (χ1v) is 5.35. The van der Waals surface area contributed by atoms with E-state index in [1.54, 1.807) is 4.68 Å². The van der Waals surface area contributed by atoms with Crippen LogP contribution in [0.4, 0.5) is 0 Å². The number of rotatable bonds is 6. The van der Waals surface area contributed by atoms with Crippen molar-refractivity contribution in [2.24, 2.45) is 0 Å². The summed E-state index contributed by atoms with van der Waals surface area (Å²) in [6, 6.07) is 0. The first-order chi connectivity index (χ1) is 6.76. The molecule has 0 saturated heterocycles. The quantitative estimate of drug-likeness (QED) is 0.685. The maximum absolute atomic E-state index is 9.43. The lowest BCUT2D eigenvalue weighted by molar-refractivity contribution is -0.698. The number of nitrogens with zero attached hydrogens (tertiary/aromatic N) is 3. The predicted octanol–water partition coefficient (Wildman–Crippen LogP) is 0.742. The van der Waals surface area contributed by atoms with Gasteiger partial charge in [0.15, 0.2) is 0 Å². The monoisotopic (exact) mass is 198 g/mol. The number of aromatic nitrogens is 3. The number of aliphatic hydroxyl groups excluding tert-OH is 1. The van der Waals surface area contributed by atoms with E-state index in [1.807, 2.05) is 19.6 Å². The summed E-state index contributed by atoms with van der Waals surface area (Å²) in [6.45, 7) is 5.75. The smallest absolute Gasteiger partial charge is 0.265 e. The van der Waals surface area contributed by atoms with Gasteiger partial charge in [-0.2, -0.15) is 0 Å². The van der Waals surface area contributed by atoms with Crippen molar-refractivity contribution < 1.29 is 9.67 Å². The van der Waals surface area contributed by atoms with Crippen molar-refractivity contribution in [3.05, 3.63) is 12.7 Å². The van der Waals surface area contributed by atoms with Crippen LogP contribution < -0.4 is 4.57 Å². The van der Waals surface area contributed by atoms with E-state index in [4.69, 9.17) is 0 Å². The van der Waals surface area contributed by atoms with E-state index < -0.39 is 0 Å². The van der Waals surface area contributed by atoms with Crippen molar-refractivity contribution >= 4 is 0 Å². The molecule has 0 spiro atoms. The average molecular weight is 198 g/mol. The van der Waals surface area contributed by atoms with E-state index in [2.05, 4.69) is 16.6 Å². The van der Waals surface area contributed by atoms with Crippen LogP contribution in [0.25, 0.3) is 0 Å². The van der Waals surface area contributed by atoms with Crippen molar-refractivity contribution in [2.45, 2.75) is 52.3 Å². The van der Waals surface area contributed by atoms with Gasteiger partial charge in [0.05, 0.1) is 12.6 Å². The van der Waals surface area contributed by atoms with Gasteiger partial charge >= 0.3 is 0 Å². The van der Waals surface area contributed by atoms with Gasteiger partial charge in [0.1, 0.15) is 6.54 Å². The minimum atomic E-state index is -0.283. The van der Waals surface area contributed by atoms with Gasteiger partial charge in [-0.05, 0) is 12.8 Å². The molecule has 0 amide bonds. The maximum Gasteiger partial charge on any atom is 0.265 e. The summed E-state index contributed by atoms with van der Waals surface area (Å²) in [5.74, 6) is 0. The number of aryl methyl sites for hydroxylation is 1. The Morgan fingerprint density at radius 3 is 2.93 bits per heavy atom. The third-order valence-electron chi connectivity index (χ3n) is 2.27. The van der Waals surface area contributed by atoms with Crippen LogP contribution in [0.1, 0.15) is 33.1 Å². The Balaban J connectivity index is 2.42. The molecule has 1 atom stereocenters. The van der Waals surface area contributed by atoms with Crippen molar-refractivity contribution in [3.8, 4) is 0 Å². The molecule has 1 aromatic rings. The number of aliphatic hydroxyl groups is 1. The molecule has 1 N–H and O–H groups in total. The molecule has 0 aliphatic carbocycles. The number of hydrogen-bond donors (Lipinski definition) is 1. The number of unbranched alkanes of at least 4 members (excludes halogenated alkanes) is 1. The fourth-order valence-corrected chi connectivity index (χ4v) is 1.26. The second-order valence-electron chi connectivity index (χ2n) is 3.62. The fourth-order valence-electron chi connectivity index (χ4n) is 1.26. The molecule has 80 valence electrons. The highest BCUT2D eigenvalue weighted by molar-refractivity contribution is 4.54. The van der Waals surface area contributed by atoms with Crippen LogP contribution in [0.5, 0.6) is 0 Å². The van der Waals surface area contributed by atoms with Gasteiger partial charge in [-0.25, -0.2) is 4.57 Å². The summed E-state index contributed by atoms with van der Waals surface area (Å²) >= 11 is 0. The molecule has 4 heteroatoms. The lowest BCUT2D eigenvalue weighted by Gasteiger charge is -2.01. The van der Waals surface area contributed by atoms with E-state index in [-0.39, 0.29) is 6.10 Å². The SMILES string of the molecule is CCCC[n+]1cnn(C[C@@H](O)CC)c1. The van der Waals surface area contributed by atoms with Crippen LogP contribution in [-0.2, 0) is 13.1 Å². The molecule has 1 aromatic heterocycles. The zero-order valence-electron chi connectivity index (χ0n) is 9.06. The van der Waals surface area contributed by atoms with Crippen molar-refractivity contribution in [2.75, 3.05) is 0 Å². The summed E-state index contributed by atoms with van der Waals surface area (Å²) in [4.78, 5) is 0. The Morgan fingerprint density at radius 1 is 1.50 bits per heavy atom. The first-order valence-electron chi connectivity index (χ1n) is 5.35. The van der Waals surface area contributed by atoms with Crippen LogP contribution in [0.15, 0.2) is 12.7 Å². The predicted molar refractivity (Wildman–Crippen MR) is 53.6 cm³/mol. The second kappa shape index (κ2) is 5.75. The molecule has 0 aliphatic rings. The van der Waals surface area contributed by atoms with Gasteiger partial charge in [-0.1, -0.05) is 20.3 Å². The lowest BCUT2D eigenvalue weighted by atomic mass is 10.3. The van der Waals surface area contributed by atoms with E-state index in [0.29, 0.717) is 6.54 Å². The third-order valence-corrected chi connectivity index (χ3v) is 2.27. The van der Waals surface area contributed by atoms with E-state index in [9.17, 15) is 5.11 Å². The molecular formula is C10H20N3O+. The van der Waals surface area contributed by atoms with Crippen LogP contribution in [0, 0.1) is 0 Å². The highest BCUT2D eigenvalue weighted by Gasteiger charge is 2.09. The highest BCUT2D eigenvalue weighted by Crippen LogP contribution is 1.93. The molecular weight excluding hydrogens is 178 g/mol. The molecule has 1 rings (SSSR count). The van der Waals surface area contributed by atoms with E-state index >= 15 is 0 Å². The number of hydrogen-bond acceptors (Lipinski definition) is 2. The zero-order chi connectivity index (χ0) is 10.4. The van der Waals surface area contributed by atoms with Gasteiger partial charge in [0, 0.05) is 5.10 Å². The van der Waals surface area contributed by atoms with Gasteiger partial charge in [0.25, 0.3) is 6.33 Å². The van der Waals surface area contributed by atoms with Crippen molar-refractivity contribution in [3.63, 3.8) is 0 Å². The summed E-state index contributed by atoms with van der Waals surface area (Å²) in [5.41, 5.74) is 0. The Labute approximate surface area is 85.2 Å². The summed E-state index contributed by atoms with van der Waals surface area (Å²) in [5, 5.41) is 13.6. The molecule has 0 bridgehead atoms. The molecule has 4 nitrogen and oxygen atoms in total. The standard InChI is InChI=1S/C10H20N3O/c1-3-5-6-12-8-11-13(9-12)7-10(14)4-2/h8-10,14H,3-7H2,1-2H3/q+1/t10-/m0/s1. The molecule has 14 heavy (non-hydrogen) atoms. The van der Waals surface area contributed by atoms with E-state index in [0.717, 1.165) is 13.0 Å². The molecule has 0 radical (unpaired) electrons. The van der Waals surface area contributed by atoms with Crippen LogP contribution in [0.3, 0.4) is 0 Å². The van der Waals surface area contributed by atoms with Crippen molar-refractivity contribution in [1.82, 2.24) is 9.78 Å². The average Bonchev–Trinajstić information content (AvgIpc) is 2.62. The Morgan fingerprint density at radius 2 is 2.29 bits per heavy atom. The third kappa shape index (κ3) is 3.46. The minimum absolute atomic E-state index is 0.283. The topological polar surface area (TPSA) is 41.9 Å². The molecule has 0 saturated carbocycles. The van der Waals surface area contributed by atoms with Gasteiger partial charge in [-0.15, -0.1) is 4.68 Å². The summed E-state index contributed by atoms with van der Waals surface area (Å²) in [6.07, 6.45) is 6.62. The van der Waals surface area contributed by atoms with Gasteiger partial charge in [0.2, 0.25) is 6.33 Å². The van der Waals surface area contributed by atoms with Crippen molar-refractivity contribution in [1.29, 1.82) is 0 Å². The molecule has 1 heterocycles. The maximum atomic E-state index is 9.43. The molecule has 0 aromatic carbocycles. The van der Waals surface area contributed by atoms with E-state index in [1.165, 1.54) is 12.8 Å². The Bertz CT molecular complexity index is 260. The minimum Gasteiger partial charge on any atom is -0.390 e. The van der Waals surface area contributed by atoms with Crippen LogP contribution >= 0.6 is 0 Å². The molecule has 0 unspecified atom stereocenters. The fraction of sp³-hybridized carbons (Fsp3) is 0.800. The lowest BCUT2D eigenvalue weighted by Crippen LogP contribution is -2.31. The highest BCUT2D eigenvalue weighted by atomic mass is 16.3. The summed E-state index contributed by atoms with van der Waals surface area (Å²) in [7, 11) is 0. The largest absolute Gasteiger partial charge is 0.390 e. The molecule has 0 fully saturated rings. The summed E-state index contributed by atoms with van der Waals surface area (Å²) < 4.78 is 3.86. The van der Waals surface area contributed by atoms with Gasteiger partial charge in [-0.3, -0.25) is 0 Å².